The first kappa shape index (κ1) is 26.1. The van der Waals surface area contributed by atoms with Gasteiger partial charge in [-0.15, -0.1) is 0 Å². The predicted molar refractivity (Wildman–Crippen MR) is 151 cm³/mol. The molecule has 0 radical (unpaired) electrons. The van der Waals surface area contributed by atoms with E-state index in [4.69, 9.17) is 16.3 Å². The molecule has 1 fully saturated rings. The molecule has 12 heteroatoms. The standard InChI is InChI=1S/C28H22BrClN6O4/c1-40-21-11-7-17(8-12-21)23-14-22(16-5-9-19(30)10-6-16)32-36(23)24(37)15-34-26-25(31-33-34)27(38)35(28(26)39)20-4-2-3-18(29)13-20/h2-13,23,25-26H,14-15H2,1H3/t23-,25-,26+/m0/s1. The molecule has 0 spiro atoms. The minimum absolute atomic E-state index is 0.278. The third-order valence-electron chi connectivity index (χ3n) is 7.07. The first-order valence-corrected chi connectivity index (χ1v) is 13.6. The maximum atomic E-state index is 13.7. The van der Waals surface area contributed by atoms with Crippen LogP contribution in [0.15, 0.2) is 92.7 Å². The molecule has 1 saturated heterocycles. The van der Waals surface area contributed by atoms with Crippen molar-refractivity contribution < 1.29 is 19.1 Å². The largest absolute Gasteiger partial charge is 0.497 e. The summed E-state index contributed by atoms with van der Waals surface area (Å²) in [6.45, 7) is -0.278. The molecule has 0 aromatic heterocycles. The molecular formula is C28H22BrClN6O4. The summed E-state index contributed by atoms with van der Waals surface area (Å²) >= 11 is 9.44. The van der Waals surface area contributed by atoms with Gasteiger partial charge in [0.2, 0.25) is 0 Å². The number of hydrazone groups is 1. The Morgan fingerprint density at radius 3 is 2.50 bits per heavy atom. The van der Waals surface area contributed by atoms with Crippen LogP contribution in [0.25, 0.3) is 0 Å². The molecule has 6 rings (SSSR count). The molecule has 3 aromatic rings. The Morgan fingerprint density at radius 1 is 1.05 bits per heavy atom. The Morgan fingerprint density at radius 2 is 1.80 bits per heavy atom. The van der Waals surface area contributed by atoms with Crippen molar-refractivity contribution in [2.45, 2.75) is 24.5 Å². The van der Waals surface area contributed by atoms with E-state index in [1.54, 1.807) is 43.5 Å². The van der Waals surface area contributed by atoms with Crippen LogP contribution in [0.3, 0.4) is 0 Å². The summed E-state index contributed by atoms with van der Waals surface area (Å²) in [7, 11) is 1.59. The zero-order valence-electron chi connectivity index (χ0n) is 21.1. The van der Waals surface area contributed by atoms with Crippen molar-refractivity contribution in [1.29, 1.82) is 0 Å². The Bertz CT molecular complexity index is 1560. The number of benzene rings is 3. The number of amides is 3. The monoisotopic (exact) mass is 620 g/mol. The van der Waals surface area contributed by atoms with Gasteiger partial charge in [0.05, 0.1) is 24.6 Å². The summed E-state index contributed by atoms with van der Waals surface area (Å²) in [5.41, 5.74) is 2.87. The summed E-state index contributed by atoms with van der Waals surface area (Å²) in [5, 5.41) is 16.1. The molecule has 3 atom stereocenters. The average molecular weight is 622 g/mol. The molecule has 3 amide bonds. The van der Waals surface area contributed by atoms with Crippen LogP contribution < -0.4 is 9.64 Å². The minimum Gasteiger partial charge on any atom is -0.497 e. The van der Waals surface area contributed by atoms with Crippen molar-refractivity contribution in [1.82, 2.24) is 10.0 Å². The first-order valence-electron chi connectivity index (χ1n) is 12.4. The zero-order valence-corrected chi connectivity index (χ0v) is 23.5. The Labute approximate surface area is 243 Å². The normalized spacial score (nSPS) is 21.7. The predicted octanol–water partition coefficient (Wildman–Crippen LogP) is 4.78. The molecule has 3 heterocycles. The van der Waals surface area contributed by atoms with E-state index in [9.17, 15) is 14.4 Å². The lowest BCUT2D eigenvalue weighted by Gasteiger charge is -2.25. The van der Waals surface area contributed by atoms with Crippen molar-refractivity contribution in [3.8, 4) is 5.75 Å². The lowest BCUT2D eigenvalue weighted by atomic mass is 9.98. The smallest absolute Gasteiger partial charge is 0.264 e. The lowest BCUT2D eigenvalue weighted by Crippen LogP contribution is -2.44. The second kappa shape index (κ2) is 10.5. The molecule has 0 bridgehead atoms. The van der Waals surface area contributed by atoms with Gasteiger partial charge in [0.25, 0.3) is 17.7 Å². The van der Waals surface area contributed by atoms with Gasteiger partial charge < -0.3 is 4.74 Å². The number of anilines is 1. The van der Waals surface area contributed by atoms with Crippen molar-refractivity contribution in [2.75, 3.05) is 18.6 Å². The molecule has 10 nitrogen and oxygen atoms in total. The maximum Gasteiger partial charge on any atom is 0.264 e. The number of hydrogen-bond acceptors (Lipinski definition) is 8. The van der Waals surface area contributed by atoms with Gasteiger partial charge in [-0.25, -0.2) is 9.91 Å². The average Bonchev–Trinajstić information content (AvgIpc) is 3.64. The number of halogens is 2. The second-order valence-electron chi connectivity index (χ2n) is 9.47. The zero-order chi connectivity index (χ0) is 28.0. The van der Waals surface area contributed by atoms with E-state index >= 15 is 0 Å². The second-order valence-corrected chi connectivity index (χ2v) is 10.8. The maximum absolute atomic E-state index is 13.7. The van der Waals surface area contributed by atoms with Crippen molar-refractivity contribution in [2.24, 2.45) is 15.4 Å². The molecule has 40 heavy (non-hydrogen) atoms. The summed E-state index contributed by atoms with van der Waals surface area (Å²) in [6.07, 6.45) is 0.474. The van der Waals surface area contributed by atoms with E-state index in [0.717, 1.165) is 26.2 Å². The molecule has 3 aliphatic heterocycles. The van der Waals surface area contributed by atoms with Crippen LogP contribution in [0.2, 0.25) is 5.02 Å². The van der Waals surface area contributed by atoms with E-state index in [1.807, 2.05) is 36.4 Å². The molecule has 0 saturated carbocycles. The number of ether oxygens (including phenoxy) is 1. The van der Waals surface area contributed by atoms with Gasteiger partial charge in [-0.3, -0.25) is 19.4 Å². The van der Waals surface area contributed by atoms with Gasteiger partial charge in [-0.1, -0.05) is 63.1 Å². The van der Waals surface area contributed by atoms with Gasteiger partial charge in [-0.2, -0.15) is 10.2 Å². The van der Waals surface area contributed by atoms with Crippen LogP contribution in [0.1, 0.15) is 23.6 Å². The highest BCUT2D eigenvalue weighted by atomic mass is 79.9. The summed E-state index contributed by atoms with van der Waals surface area (Å²) in [5.74, 6) is -0.650. The number of nitrogens with zero attached hydrogens (tertiary/aromatic N) is 6. The van der Waals surface area contributed by atoms with Gasteiger partial charge in [0.15, 0.2) is 12.1 Å². The van der Waals surface area contributed by atoms with Crippen molar-refractivity contribution >= 4 is 56.7 Å². The fourth-order valence-electron chi connectivity index (χ4n) is 5.08. The van der Waals surface area contributed by atoms with Crippen molar-refractivity contribution in [3.63, 3.8) is 0 Å². The van der Waals surface area contributed by atoms with E-state index < -0.39 is 29.9 Å². The van der Waals surface area contributed by atoms with Crippen LogP contribution in [0.4, 0.5) is 5.69 Å². The van der Waals surface area contributed by atoms with Gasteiger partial charge in [-0.05, 0) is 53.6 Å². The van der Waals surface area contributed by atoms with Crippen LogP contribution >= 0.6 is 27.5 Å². The van der Waals surface area contributed by atoms with Crippen LogP contribution in [0.5, 0.6) is 5.75 Å². The van der Waals surface area contributed by atoms with Crippen LogP contribution in [-0.4, -0.2) is 59.2 Å². The third-order valence-corrected chi connectivity index (χ3v) is 7.81. The topological polar surface area (TPSA) is 107 Å². The molecule has 3 aromatic carbocycles. The number of imide groups is 1. The molecule has 0 unspecified atom stereocenters. The van der Waals surface area contributed by atoms with Gasteiger partial charge in [0.1, 0.15) is 12.3 Å². The third kappa shape index (κ3) is 4.65. The first-order chi connectivity index (χ1) is 19.3. The number of methoxy groups -OCH3 is 1. The SMILES string of the molecule is COc1ccc([C@@H]2CC(c3ccc(Cl)cc3)=NN2C(=O)CN2N=N[C@@H]3C(=O)N(c4cccc(Br)c4)C(=O)[C@@H]32)cc1. The highest BCUT2D eigenvalue weighted by molar-refractivity contribution is 9.10. The highest BCUT2D eigenvalue weighted by Gasteiger charge is 2.55. The Kier molecular flexibility index (Phi) is 6.85. The number of rotatable bonds is 6. The quantitative estimate of drug-likeness (QED) is 0.368. The summed E-state index contributed by atoms with van der Waals surface area (Å²) in [4.78, 5) is 41.3. The van der Waals surface area contributed by atoms with Gasteiger partial charge in [0, 0.05) is 15.9 Å². The summed E-state index contributed by atoms with van der Waals surface area (Å²) in [6, 6.07) is 19.2. The van der Waals surface area contributed by atoms with E-state index in [0.29, 0.717) is 22.9 Å². The van der Waals surface area contributed by atoms with Crippen molar-refractivity contribution in [3.05, 3.63) is 93.4 Å². The molecule has 0 aliphatic carbocycles. The minimum atomic E-state index is -1.01. The van der Waals surface area contributed by atoms with E-state index in [1.165, 1.54) is 10.0 Å². The van der Waals surface area contributed by atoms with Crippen LogP contribution in [0, 0.1) is 0 Å². The Balaban J connectivity index is 1.26. The van der Waals surface area contributed by atoms with Crippen LogP contribution in [-0.2, 0) is 14.4 Å². The number of hydrogen-bond donors (Lipinski definition) is 0. The molecular weight excluding hydrogens is 600 g/mol. The summed E-state index contributed by atoms with van der Waals surface area (Å²) < 4.78 is 6.01. The fraction of sp³-hybridized carbons (Fsp3) is 0.214. The molecule has 0 N–H and O–H groups in total. The van der Waals surface area contributed by atoms with Gasteiger partial charge >= 0.3 is 0 Å². The van der Waals surface area contributed by atoms with E-state index in [-0.39, 0.29) is 12.5 Å². The number of carbonyl (C=O) groups is 3. The highest BCUT2D eigenvalue weighted by Crippen LogP contribution is 2.36. The fourth-order valence-corrected chi connectivity index (χ4v) is 5.59. The number of fused-ring (bicyclic) bond motifs is 1. The number of carbonyl (C=O) groups excluding carboxylic acids is 3. The van der Waals surface area contributed by atoms with E-state index in [2.05, 4.69) is 31.4 Å². The molecule has 3 aliphatic rings. The molecule has 202 valence electrons. The lowest BCUT2D eigenvalue weighted by molar-refractivity contribution is -0.135. The Hall–Kier alpha value is -4.09.